The molecule has 1 heterocycles. The first-order valence-electron chi connectivity index (χ1n) is 6.30. The second kappa shape index (κ2) is 6.93. The van der Waals surface area contributed by atoms with Crippen LogP contribution in [0.3, 0.4) is 0 Å². The Morgan fingerprint density at radius 3 is 2.48 bits per heavy atom. The van der Waals surface area contributed by atoms with E-state index in [1.54, 1.807) is 0 Å². The molecule has 0 saturated heterocycles. The van der Waals surface area contributed by atoms with E-state index in [9.17, 15) is 18.4 Å². The highest BCUT2D eigenvalue weighted by atomic mass is 35.5. The van der Waals surface area contributed by atoms with E-state index < -0.39 is 28.6 Å². The van der Waals surface area contributed by atoms with Crippen LogP contribution in [0, 0.1) is 11.6 Å². The molecule has 0 aromatic heterocycles. The van der Waals surface area contributed by atoms with Crippen LogP contribution in [-0.2, 0) is 23.8 Å². The van der Waals surface area contributed by atoms with Crippen molar-refractivity contribution in [3.8, 4) is 0 Å². The van der Waals surface area contributed by atoms with Crippen molar-refractivity contribution < 1.29 is 32.6 Å². The van der Waals surface area contributed by atoms with Crippen molar-refractivity contribution in [3.05, 3.63) is 40.1 Å². The van der Waals surface area contributed by atoms with Gasteiger partial charge in [0, 0.05) is 6.07 Å². The summed E-state index contributed by atoms with van der Waals surface area (Å²) < 4.78 is 41.6. The van der Waals surface area contributed by atoms with Crippen molar-refractivity contribution in [3.63, 3.8) is 0 Å². The second-order valence-electron chi connectivity index (χ2n) is 4.44. The van der Waals surface area contributed by atoms with E-state index in [2.05, 4.69) is 9.47 Å². The molecular formula is C14H12ClF2NO5. The lowest BCUT2D eigenvalue weighted by Gasteiger charge is -2.31. The van der Waals surface area contributed by atoms with Gasteiger partial charge >= 0.3 is 11.9 Å². The summed E-state index contributed by atoms with van der Waals surface area (Å²) in [5.74, 6) is -3.65. The summed E-state index contributed by atoms with van der Waals surface area (Å²) in [7, 11) is 2.23. The van der Waals surface area contributed by atoms with E-state index in [-0.39, 0.29) is 30.3 Å². The Kier molecular flexibility index (Phi) is 5.17. The molecule has 0 spiro atoms. The molecule has 0 saturated carbocycles. The number of benzene rings is 1. The number of nitrogens with zero attached hydrogens (tertiary/aromatic N) is 1. The fourth-order valence-corrected chi connectivity index (χ4v) is 2.28. The van der Waals surface area contributed by atoms with Gasteiger partial charge in [-0.1, -0.05) is 11.6 Å². The first-order valence-corrected chi connectivity index (χ1v) is 6.68. The minimum Gasteiger partial charge on any atom is -0.466 e. The third-order valence-corrected chi connectivity index (χ3v) is 3.47. The zero-order chi connectivity index (χ0) is 17.1. The van der Waals surface area contributed by atoms with Gasteiger partial charge in [0.1, 0.15) is 29.1 Å². The number of anilines is 1. The molecule has 1 aromatic rings. The average Bonchev–Trinajstić information content (AvgIpc) is 2.55. The highest BCUT2D eigenvalue weighted by molar-refractivity contribution is 6.33. The van der Waals surface area contributed by atoms with E-state index in [0.717, 1.165) is 25.2 Å². The predicted octanol–water partition coefficient (Wildman–Crippen LogP) is 2.01. The summed E-state index contributed by atoms with van der Waals surface area (Å²) in [5.41, 5.74) is -0.575. The first kappa shape index (κ1) is 17.2. The van der Waals surface area contributed by atoms with Crippen molar-refractivity contribution in [2.45, 2.75) is 0 Å². The standard InChI is InChI=1S/C14H12ClF2NO5/c1-21-13(19)8-5-23-6-18(12(8)14(20)22-2)10-4-7(16)3-9(17)11(10)15/h3-4H,5-6H2,1-2H3. The van der Waals surface area contributed by atoms with Crippen LogP contribution in [0.4, 0.5) is 14.5 Å². The van der Waals surface area contributed by atoms with Crippen LogP contribution in [0.1, 0.15) is 0 Å². The highest BCUT2D eigenvalue weighted by Crippen LogP contribution is 2.34. The SMILES string of the molecule is COC(=O)C1=C(C(=O)OC)N(c2cc(F)cc(F)c2Cl)COC1. The van der Waals surface area contributed by atoms with Gasteiger partial charge in [0.25, 0.3) is 0 Å². The number of methoxy groups -OCH3 is 2. The third kappa shape index (κ3) is 3.27. The van der Waals surface area contributed by atoms with Crippen LogP contribution in [0.25, 0.3) is 0 Å². The molecule has 0 bridgehead atoms. The Labute approximate surface area is 135 Å². The number of hydrogen-bond acceptors (Lipinski definition) is 6. The van der Waals surface area contributed by atoms with E-state index in [0.29, 0.717) is 6.07 Å². The van der Waals surface area contributed by atoms with Gasteiger partial charge in [-0.25, -0.2) is 18.4 Å². The average molecular weight is 348 g/mol. The van der Waals surface area contributed by atoms with Crippen molar-refractivity contribution >= 4 is 29.2 Å². The van der Waals surface area contributed by atoms with Crippen LogP contribution >= 0.6 is 11.6 Å². The van der Waals surface area contributed by atoms with Gasteiger partial charge in [0.05, 0.1) is 32.1 Å². The summed E-state index contributed by atoms with van der Waals surface area (Å²) >= 11 is 5.84. The van der Waals surface area contributed by atoms with Gasteiger partial charge < -0.3 is 19.1 Å². The second-order valence-corrected chi connectivity index (χ2v) is 4.81. The number of hydrogen-bond donors (Lipinski definition) is 0. The molecular weight excluding hydrogens is 336 g/mol. The molecule has 23 heavy (non-hydrogen) atoms. The fraction of sp³-hybridized carbons (Fsp3) is 0.286. The summed E-state index contributed by atoms with van der Waals surface area (Å²) in [6, 6.07) is 1.51. The van der Waals surface area contributed by atoms with Crippen molar-refractivity contribution in [2.24, 2.45) is 0 Å². The van der Waals surface area contributed by atoms with Crippen LogP contribution in [0.5, 0.6) is 0 Å². The maximum atomic E-state index is 13.7. The molecule has 0 aliphatic carbocycles. The number of carbonyl (C=O) groups excluding carboxylic acids is 2. The van der Waals surface area contributed by atoms with E-state index >= 15 is 0 Å². The summed E-state index contributed by atoms with van der Waals surface area (Å²) in [6.45, 7) is -0.476. The van der Waals surface area contributed by atoms with Crippen LogP contribution in [0.15, 0.2) is 23.4 Å². The Morgan fingerprint density at radius 1 is 1.22 bits per heavy atom. The molecule has 9 heteroatoms. The van der Waals surface area contributed by atoms with Crippen molar-refractivity contribution in [1.82, 2.24) is 0 Å². The lowest BCUT2D eigenvalue weighted by atomic mass is 10.1. The predicted molar refractivity (Wildman–Crippen MR) is 75.7 cm³/mol. The van der Waals surface area contributed by atoms with Gasteiger partial charge in [-0.15, -0.1) is 0 Å². The zero-order valence-corrected chi connectivity index (χ0v) is 12.9. The molecule has 2 rings (SSSR count). The molecule has 1 aliphatic rings. The summed E-state index contributed by atoms with van der Waals surface area (Å²) in [5, 5.41) is -0.428. The maximum absolute atomic E-state index is 13.7. The Hall–Kier alpha value is -2.19. The van der Waals surface area contributed by atoms with Crippen LogP contribution in [0.2, 0.25) is 5.02 Å². The Balaban J connectivity index is 2.65. The van der Waals surface area contributed by atoms with E-state index in [1.807, 2.05) is 0 Å². The summed E-state index contributed by atoms with van der Waals surface area (Å²) in [6.07, 6.45) is 0. The molecule has 6 nitrogen and oxygen atoms in total. The minimum atomic E-state index is -1.02. The zero-order valence-electron chi connectivity index (χ0n) is 12.2. The van der Waals surface area contributed by atoms with E-state index in [1.165, 1.54) is 0 Å². The molecule has 0 unspecified atom stereocenters. The normalized spacial score (nSPS) is 14.7. The Bertz CT molecular complexity index is 692. The lowest BCUT2D eigenvalue weighted by Crippen LogP contribution is -2.39. The smallest absolute Gasteiger partial charge is 0.355 e. The largest absolute Gasteiger partial charge is 0.466 e. The molecule has 0 N–H and O–H groups in total. The number of halogens is 3. The molecule has 1 aromatic carbocycles. The van der Waals surface area contributed by atoms with Crippen LogP contribution < -0.4 is 4.90 Å². The fourth-order valence-electron chi connectivity index (χ4n) is 2.07. The number of esters is 2. The maximum Gasteiger partial charge on any atom is 0.355 e. The molecule has 0 radical (unpaired) electrons. The number of carbonyl (C=O) groups is 2. The topological polar surface area (TPSA) is 65.1 Å². The molecule has 0 atom stereocenters. The van der Waals surface area contributed by atoms with Gasteiger partial charge in [-0.2, -0.15) is 0 Å². The lowest BCUT2D eigenvalue weighted by molar-refractivity contribution is -0.140. The molecule has 0 fully saturated rings. The van der Waals surface area contributed by atoms with Gasteiger partial charge in [0.2, 0.25) is 0 Å². The van der Waals surface area contributed by atoms with Gasteiger partial charge in [0.15, 0.2) is 0 Å². The molecule has 0 amide bonds. The van der Waals surface area contributed by atoms with Gasteiger partial charge in [-0.3, -0.25) is 0 Å². The highest BCUT2D eigenvalue weighted by Gasteiger charge is 2.34. The van der Waals surface area contributed by atoms with Crippen molar-refractivity contribution in [2.75, 3.05) is 32.5 Å². The minimum absolute atomic E-state index is 0.147. The molecule has 124 valence electrons. The summed E-state index contributed by atoms with van der Waals surface area (Å²) in [4.78, 5) is 24.9. The van der Waals surface area contributed by atoms with E-state index in [4.69, 9.17) is 16.3 Å². The van der Waals surface area contributed by atoms with Gasteiger partial charge in [-0.05, 0) is 6.07 Å². The van der Waals surface area contributed by atoms with Crippen LogP contribution in [-0.4, -0.2) is 39.5 Å². The van der Waals surface area contributed by atoms with Crippen molar-refractivity contribution in [1.29, 1.82) is 0 Å². The monoisotopic (exact) mass is 347 g/mol. The number of rotatable bonds is 3. The quantitative estimate of drug-likeness (QED) is 0.615. The number of ether oxygens (including phenoxy) is 3. The first-order chi connectivity index (χ1) is 10.9. The molecule has 1 aliphatic heterocycles. The Morgan fingerprint density at radius 2 is 1.87 bits per heavy atom. The third-order valence-electron chi connectivity index (χ3n) is 3.10.